The van der Waals surface area contributed by atoms with E-state index < -0.39 is 0 Å². The fraction of sp³-hybridized carbons (Fsp3) is 0.190. The minimum Gasteiger partial charge on any atom is -0.448 e. The Morgan fingerprint density at radius 1 is 1.25 bits per heavy atom. The smallest absolute Gasteiger partial charge is 0.289 e. The third-order valence-electron chi connectivity index (χ3n) is 4.56. The molecule has 1 unspecified atom stereocenters. The number of fused-ring (bicyclic) bond motifs is 1. The van der Waals surface area contributed by atoms with Crippen molar-refractivity contribution in [2.24, 2.45) is 4.99 Å². The molecule has 2 heterocycles. The lowest BCUT2D eigenvalue weighted by molar-refractivity contribution is -0.123. The van der Waals surface area contributed by atoms with E-state index in [1.165, 1.54) is 11.9 Å². The lowest BCUT2D eigenvalue weighted by Crippen LogP contribution is -2.41. The van der Waals surface area contributed by atoms with Gasteiger partial charge in [-0.2, -0.15) is 0 Å². The third-order valence-corrected chi connectivity index (χ3v) is 5.40. The first kappa shape index (κ1) is 18.3. The van der Waals surface area contributed by atoms with Gasteiger partial charge in [0, 0.05) is 13.6 Å². The summed E-state index contributed by atoms with van der Waals surface area (Å²) in [5.41, 5.74) is 3.00. The first-order chi connectivity index (χ1) is 13.6. The van der Waals surface area contributed by atoms with E-state index in [1.54, 1.807) is 24.4 Å². The van der Waals surface area contributed by atoms with Crippen molar-refractivity contribution >= 4 is 29.4 Å². The Kier molecular flexibility index (Phi) is 5.16. The molecule has 0 fully saturated rings. The molecule has 142 valence electrons. The molecule has 3 aromatic rings. The van der Waals surface area contributed by atoms with Crippen molar-refractivity contribution < 1.29 is 9.21 Å². The van der Waals surface area contributed by atoms with E-state index in [1.807, 2.05) is 49.4 Å². The molecule has 0 saturated carbocycles. The van der Waals surface area contributed by atoms with Crippen LogP contribution < -0.4 is 4.72 Å². The summed E-state index contributed by atoms with van der Waals surface area (Å²) < 4.78 is 8.60. The maximum absolute atomic E-state index is 13.0. The molecule has 2 aromatic carbocycles. The monoisotopic (exact) mass is 392 g/mol. The largest absolute Gasteiger partial charge is 0.448 e. The first-order valence-corrected chi connectivity index (χ1v) is 9.75. The van der Waals surface area contributed by atoms with Crippen LogP contribution >= 0.6 is 11.9 Å². The number of aliphatic imine (C=N–C) groups is 1. The summed E-state index contributed by atoms with van der Waals surface area (Å²) >= 11 is 1.41. The molecule has 28 heavy (non-hydrogen) atoms. The van der Waals surface area contributed by atoms with Gasteiger partial charge in [-0.1, -0.05) is 36.4 Å². The maximum atomic E-state index is 13.0. The van der Waals surface area contributed by atoms with Gasteiger partial charge >= 0.3 is 0 Å². The molecule has 1 amide bonds. The number of amides is 1. The molecule has 0 radical (unpaired) electrons. The summed E-state index contributed by atoms with van der Waals surface area (Å²) in [4.78, 5) is 24.4. The van der Waals surface area contributed by atoms with E-state index in [2.05, 4.69) is 20.8 Å². The highest BCUT2D eigenvalue weighted by Gasteiger charge is 2.26. The van der Waals surface area contributed by atoms with Gasteiger partial charge in [0.25, 0.3) is 5.91 Å². The lowest BCUT2D eigenvalue weighted by Gasteiger charge is -2.25. The van der Waals surface area contributed by atoms with Crippen molar-refractivity contribution in [1.29, 1.82) is 0 Å². The van der Waals surface area contributed by atoms with Gasteiger partial charge in [-0.3, -0.25) is 4.79 Å². The van der Waals surface area contributed by atoms with Crippen molar-refractivity contribution in [3.63, 3.8) is 0 Å². The van der Waals surface area contributed by atoms with Crippen molar-refractivity contribution in [3.05, 3.63) is 78.0 Å². The van der Waals surface area contributed by atoms with Gasteiger partial charge in [0.2, 0.25) is 11.7 Å². The minimum atomic E-state index is -0.175. The van der Waals surface area contributed by atoms with Crippen LogP contribution in [-0.2, 0) is 4.79 Å². The van der Waals surface area contributed by atoms with E-state index >= 15 is 0 Å². The fourth-order valence-corrected chi connectivity index (χ4v) is 3.89. The second-order valence-electron chi connectivity index (χ2n) is 6.66. The van der Waals surface area contributed by atoms with Crippen molar-refractivity contribution in [3.8, 4) is 0 Å². The zero-order valence-electron chi connectivity index (χ0n) is 15.6. The number of benzene rings is 2. The number of carbonyl (C=O) groups is 1. The highest BCUT2D eigenvalue weighted by Crippen LogP contribution is 2.32. The topological polar surface area (TPSA) is 70.7 Å². The quantitative estimate of drug-likeness (QED) is 0.667. The van der Waals surface area contributed by atoms with E-state index in [0.717, 1.165) is 21.7 Å². The number of amidine groups is 1. The van der Waals surface area contributed by atoms with Crippen LogP contribution in [0.25, 0.3) is 0 Å². The maximum Gasteiger partial charge on any atom is 0.289 e. The summed E-state index contributed by atoms with van der Waals surface area (Å²) in [5, 5.41) is 0. The number of hydrogen-bond donors (Lipinski definition) is 1. The molecule has 0 bridgehead atoms. The van der Waals surface area contributed by atoms with Gasteiger partial charge in [0.15, 0.2) is 0 Å². The Morgan fingerprint density at radius 3 is 2.82 bits per heavy atom. The standard InChI is InChI=1S/C21H20N4O2S/c1-14-8-9-17-18(12-14)28-24-19(23-17)21(26)25(2)13-16(20-22-10-11-27-20)15-6-4-3-5-7-15/h3-12,16H,13H2,1-2H3,(H,23,24). The van der Waals surface area contributed by atoms with Gasteiger partial charge in [0.05, 0.1) is 22.7 Å². The van der Waals surface area contributed by atoms with Crippen molar-refractivity contribution in [1.82, 2.24) is 14.6 Å². The van der Waals surface area contributed by atoms with Crippen LogP contribution in [0.4, 0.5) is 5.69 Å². The van der Waals surface area contributed by atoms with Gasteiger partial charge in [-0.15, -0.1) is 0 Å². The van der Waals surface area contributed by atoms with Crippen LogP contribution in [0.2, 0.25) is 0 Å². The molecule has 1 aliphatic rings. The summed E-state index contributed by atoms with van der Waals surface area (Å²) in [5.74, 6) is 0.575. The van der Waals surface area contributed by atoms with E-state index in [4.69, 9.17) is 4.42 Å². The Balaban J connectivity index is 1.55. The Bertz CT molecular complexity index is 1000. The number of hydrogen-bond acceptors (Lipinski definition) is 6. The van der Waals surface area contributed by atoms with E-state index in [-0.39, 0.29) is 11.8 Å². The number of carbonyl (C=O) groups excluding carboxylic acids is 1. The molecule has 1 aromatic heterocycles. The minimum absolute atomic E-state index is 0.156. The van der Waals surface area contributed by atoms with Crippen LogP contribution in [0.5, 0.6) is 0 Å². The van der Waals surface area contributed by atoms with Gasteiger partial charge in [-0.25, -0.2) is 9.98 Å². The zero-order chi connectivity index (χ0) is 19.5. The molecule has 4 rings (SSSR count). The van der Waals surface area contributed by atoms with Gasteiger partial charge < -0.3 is 14.0 Å². The Morgan fingerprint density at radius 2 is 2.07 bits per heavy atom. The van der Waals surface area contributed by atoms with Crippen LogP contribution in [0.15, 0.2) is 75.3 Å². The molecule has 7 heteroatoms. The Hall–Kier alpha value is -3.06. The summed E-state index contributed by atoms with van der Waals surface area (Å²) in [6.07, 6.45) is 3.17. The van der Waals surface area contributed by atoms with Gasteiger partial charge in [-0.05, 0) is 42.1 Å². The molecular formula is C21H20N4O2S. The molecule has 1 atom stereocenters. The average Bonchev–Trinajstić information content (AvgIpc) is 3.26. The van der Waals surface area contributed by atoms with Gasteiger partial charge in [0.1, 0.15) is 6.26 Å². The highest BCUT2D eigenvalue weighted by molar-refractivity contribution is 7.98. The molecule has 1 N–H and O–H groups in total. The second-order valence-corrected chi connectivity index (χ2v) is 7.50. The lowest BCUT2D eigenvalue weighted by atomic mass is 9.98. The number of aromatic nitrogens is 1. The van der Waals surface area contributed by atoms with Crippen molar-refractivity contribution in [2.45, 2.75) is 17.7 Å². The zero-order valence-corrected chi connectivity index (χ0v) is 16.4. The predicted molar refractivity (Wildman–Crippen MR) is 110 cm³/mol. The molecular weight excluding hydrogens is 372 g/mol. The number of nitrogens with zero attached hydrogens (tertiary/aromatic N) is 3. The number of aryl methyl sites for hydroxylation is 1. The van der Waals surface area contributed by atoms with Crippen LogP contribution in [0.1, 0.15) is 22.9 Å². The average molecular weight is 392 g/mol. The van der Waals surface area contributed by atoms with Crippen LogP contribution in [0.3, 0.4) is 0 Å². The second kappa shape index (κ2) is 7.90. The number of likely N-dealkylation sites (N-methyl/N-ethyl adjacent to an activating group) is 1. The number of rotatable bonds is 5. The number of nitrogens with one attached hydrogen (secondary N) is 1. The fourth-order valence-electron chi connectivity index (χ4n) is 3.09. The van der Waals surface area contributed by atoms with Crippen LogP contribution in [-0.4, -0.2) is 35.2 Å². The molecule has 6 nitrogen and oxygen atoms in total. The highest BCUT2D eigenvalue weighted by atomic mass is 32.2. The van der Waals surface area contributed by atoms with E-state index in [9.17, 15) is 4.79 Å². The molecule has 0 saturated heterocycles. The SMILES string of the molecule is Cc1ccc2c(c1)SNC(C(=O)N(C)CC(c1ccccc1)c1ncco1)=N2. The predicted octanol–water partition coefficient (Wildman–Crippen LogP) is 3.91. The van der Waals surface area contributed by atoms with Crippen LogP contribution in [0, 0.1) is 6.92 Å². The van der Waals surface area contributed by atoms with Crippen molar-refractivity contribution in [2.75, 3.05) is 13.6 Å². The normalized spacial score (nSPS) is 13.9. The third kappa shape index (κ3) is 3.80. The molecule has 0 aliphatic carbocycles. The molecule has 1 aliphatic heterocycles. The number of oxazole rings is 1. The van der Waals surface area contributed by atoms with E-state index in [0.29, 0.717) is 18.3 Å². The summed E-state index contributed by atoms with van der Waals surface area (Å²) in [6, 6.07) is 15.9. The Labute approximate surface area is 167 Å². The molecule has 0 spiro atoms. The summed E-state index contributed by atoms with van der Waals surface area (Å²) in [7, 11) is 1.76. The summed E-state index contributed by atoms with van der Waals surface area (Å²) in [6.45, 7) is 2.46. The first-order valence-electron chi connectivity index (χ1n) is 8.94.